The maximum absolute atomic E-state index is 13.1. The van der Waals surface area contributed by atoms with Gasteiger partial charge >= 0.3 is 11.9 Å². The zero-order chi connectivity index (χ0) is 24.8. The van der Waals surface area contributed by atoms with Crippen LogP contribution < -0.4 is 14.8 Å². The normalized spacial score (nSPS) is 10.3. The molecule has 9 heteroatoms. The lowest BCUT2D eigenvalue weighted by Crippen LogP contribution is -2.14. The van der Waals surface area contributed by atoms with Crippen LogP contribution in [-0.2, 0) is 0 Å². The van der Waals surface area contributed by atoms with E-state index in [0.29, 0.717) is 11.4 Å². The molecule has 3 aromatic carbocycles. The van der Waals surface area contributed by atoms with Crippen LogP contribution in [0.4, 0.5) is 5.69 Å². The first kappa shape index (κ1) is 23.0. The van der Waals surface area contributed by atoms with Crippen LogP contribution in [0.25, 0.3) is 0 Å². The van der Waals surface area contributed by atoms with E-state index < -0.39 is 23.4 Å². The van der Waals surface area contributed by atoms with Crippen LogP contribution in [0.2, 0.25) is 0 Å². The molecule has 0 aliphatic rings. The van der Waals surface area contributed by atoms with Gasteiger partial charge in [0.1, 0.15) is 17.1 Å². The van der Waals surface area contributed by atoms with E-state index in [-0.39, 0.29) is 28.5 Å². The Morgan fingerprint density at radius 1 is 0.686 bits per heavy atom. The van der Waals surface area contributed by atoms with Gasteiger partial charge in [0.2, 0.25) is 5.88 Å². The molecule has 4 aromatic rings. The number of hydrogen-bond acceptors (Lipinski definition) is 6. The van der Waals surface area contributed by atoms with Crippen LogP contribution >= 0.6 is 0 Å². The molecule has 1 heterocycles. The van der Waals surface area contributed by atoms with Crippen molar-refractivity contribution < 1.29 is 34.1 Å². The number of rotatable bonds is 8. The number of ether oxygens (including phenoxy) is 2. The van der Waals surface area contributed by atoms with Crippen LogP contribution in [0.15, 0.2) is 91.1 Å². The molecule has 3 N–H and O–H groups in total. The average molecular weight is 470 g/mol. The maximum atomic E-state index is 13.1. The largest absolute Gasteiger partial charge is 0.478 e. The summed E-state index contributed by atoms with van der Waals surface area (Å²) >= 11 is 0. The van der Waals surface area contributed by atoms with Crippen molar-refractivity contribution in [2.75, 3.05) is 5.32 Å². The number of nitrogens with one attached hydrogen (secondary N) is 1. The van der Waals surface area contributed by atoms with Crippen LogP contribution in [0.1, 0.15) is 31.1 Å². The molecule has 9 nitrogen and oxygen atoms in total. The molecule has 1 amide bonds. The van der Waals surface area contributed by atoms with Gasteiger partial charge in [-0.3, -0.25) is 4.79 Å². The number of carboxylic acid groups (broad SMARTS) is 2. The number of hydrogen-bond donors (Lipinski definition) is 3. The summed E-state index contributed by atoms with van der Waals surface area (Å²) in [4.78, 5) is 40.0. The Bertz CT molecular complexity index is 1400. The molecule has 174 valence electrons. The van der Waals surface area contributed by atoms with Crippen LogP contribution in [0.3, 0.4) is 0 Å². The number of para-hydroxylation sites is 3. The SMILES string of the molecule is O=C(O)c1ccc(Oc2ccccc2NC(=O)c2cccnc2Oc2ccccc2)cc1C(=O)O. The van der Waals surface area contributed by atoms with Gasteiger partial charge in [0, 0.05) is 6.20 Å². The summed E-state index contributed by atoms with van der Waals surface area (Å²) in [6.07, 6.45) is 1.51. The lowest BCUT2D eigenvalue weighted by atomic mass is 10.1. The van der Waals surface area contributed by atoms with Gasteiger partial charge in [-0.1, -0.05) is 30.3 Å². The van der Waals surface area contributed by atoms with E-state index in [1.165, 1.54) is 12.3 Å². The van der Waals surface area contributed by atoms with Crippen molar-refractivity contribution in [3.63, 3.8) is 0 Å². The molecular formula is C26H18N2O7. The Labute approximate surface area is 199 Å². The van der Waals surface area contributed by atoms with Gasteiger partial charge in [0.15, 0.2) is 5.75 Å². The summed E-state index contributed by atoms with van der Waals surface area (Å²) in [6.45, 7) is 0. The molecule has 0 atom stereocenters. The van der Waals surface area contributed by atoms with Gasteiger partial charge in [-0.2, -0.15) is 0 Å². The third-order valence-corrected chi connectivity index (χ3v) is 4.79. The standard InChI is InChI=1S/C26H18N2O7/c29-23(19-9-6-14-27-24(19)35-16-7-2-1-3-8-16)28-21-10-4-5-11-22(21)34-17-12-13-18(25(30)31)20(15-17)26(32)33/h1-15H,(H,28,29)(H,30,31)(H,32,33). The van der Waals surface area contributed by atoms with Crippen LogP contribution in [-0.4, -0.2) is 33.0 Å². The molecule has 0 fully saturated rings. The van der Waals surface area contributed by atoms with Crippen molar-refractivity contribution in [3.8, 4) is 23.1 Å². The van der Waals surface area contributed by atoms with E-state index >= 15 is 0 Å². The van der Waals surface area contributed by atoms with Crippen molar-refractivity contribution in [2.24, 2.45) is 0 Å². The number of aromatic nitrogens is 1. The van der Waals surface area contributed by atoms with E-state index in [9.17, 15) is 24.6 Å². The van der Waals surface area contributed by atoms with E-state index in [1.807, 2.05) is 6.07 Å². The number of amides is 1. The second kappa shape index (κ2) is 10.2. The van der Waals surface area contributed by atoms with Crippen molar-refractivity contribution in [3.05, 3.63) is 108 Å². The van der Waals surface area contributed by atoms with Gasteiger partial charge in [-0.25, -0.2) is 14.6 Å². The quantitative estimate of drug-likeness (QED) is 0.315. The fraction of sp³-hybridized carbons (Fsp3) is 0. The lowest BCUT2D eigenvalue weighted by molar-refractivity contribution is 0.0651. The second-order valence-electron chi connectivity index (χ2n) is 7.14. The predicted molar refractivity (Wildman–Crippen MR) is 126 cm³/mol. The number of anilines is 1. The van der Waals surface area contributed by atoms with E-state index in [2.05, 4.69) is 10.3 Å². The van der Waals surface area contributed by atoms with E-state index in [1.54, 1.807) is 60.7 Å². The highest BCUT2D eigenvalue weighted by Crippen LogP contribution is 2.32. The first-order valence-corrected chi connectivity index (χ1v) is 10.3. The number of pyridine rings is 1. The zero-order valence-corrected chi connectivity index (χ0v) is 18.0. The first-order chi connectivity index (χ1) is 16.9. The topological polar surface area (TPSA) is 135 Å². The molecule has 1 aromatic heterocycles. The maximum Gasteiger partial charge on any atom is 0.336 e. The summed E-state index contributed by atoms with van der Waals surface area (Å²) in [5, 5.41) is 21.3. The van der Waals surface area contributed by atoms with Gasteiger partial charge in [-0.15, -0.1) is 0 Å². The Balaban J connectivity index is 1.58. The molecule has 4 rings (SSSR count). The van der Waals surface area contributed by atoms with Gasteiger partial charge in [0.05, 0.1) is 16.8 Å². The minimum absolute atomic E-state index is 0.0866. The fourth-order valence-corrected chi connectivity index (χ4v) is 3.17. The predicted octanol–water partition coefficient (Wildman–Crippen LogP) is 5.31. The smallest absolute Gasteiger partial charge is 0.336 e. The molecule has 0 spiro atoms. The molecule has 0 saturated heterocycles. The van der Waals surface area contributed by atoms with Gasteiger partial charge in [0.25, 0.3) is 5.91 Å². The number of aromatic carboxylic acids is 2. The molecule has 35 heavy (non-hydrogen) atoms. The number of carbonyl (C=O) groups excluding carboxylic acids is 1. The van der Waals surface area contributed by atoms with E-state index in [0.717, 1.165) is 12.1 Å². The Kier molecular flexibility index (Phi) is 6.68. The average Bonchev–Trinajstić information content (AvgIpc) is 2.86. The third-order valence-electron chi connectivity index (χ3n) is 4.79. The number of carboxylic acids is 2. The van der Waals surface area contributed by atoms with E-state index in [4.69, 9.17) is 9.47 Å². The highest BCUT2D eigenvalue weighted by molar-refractivity contribution is 6.06. The third kappa shape index (κ3) is 5.42. The zero-order valence-electron chi connectivity index (χ0n) is 18.0. The minimum atomic E-state index is -1.41. The number of benzene rings is 3. The summed E-state index contributed by atoms with van der Waals surface area (Å²) in [7, 11) is 0. The molecule has 0 saturated carbocycles. The summed E-state index contributed by atoms with van der Waals surface area (Å²) in [5.74, 6) is -2.35. The summed E-state index contributed by atoms with van der Waals surface area (Å²) in [6, 6.07) is 22.2. The Morgan fingerprint density at radius 3 is 2.14 bits per heavy atom. The molecule has 0 aliphatic carbocycles. The molecule has 0 unspecified atom stereocenters. The Hall–Kier alpha value is -5.18. The van der Waals surface area contributed by atoms with Crippen molar-refractivity contribution in [1.82, 2.24) is 4.98 Å². The molecule has 0 aliphatic heterocycles. The highest BCUT2D eigenvalue weighted by Gasteiger charge is 2.19. The monoisotopic (exact) mass is 470 g/mol. The first-order valence-electron chi connectivity index (χ1n) is 10.3. The van der Waals surface area contributed by atoms with Gasteiger partial charge < -0.3 is 25.0 Å². The van der Waals surface area contributed by atoms with Crippen molar-refractivity contribution >= 4 is 23.5 Å². The summed E-state index contributed by atoms with van der Waals surface area (Å²) < 4.78 is 11.5. The molecular weight excluding hydrogens is 452 g/mol. The highest BCUT2D eigenvalue weighted by atomic mass is 16.5. The van der Waals surface area contributed by atoms with Crippen LogP contribution in [0, 0.1) is 0 Å². The lowest BCUT2D eigenvalue weighted by Gasteiger charge is -2.14. The number of nitrogens with zero attached hydrogens (tertiary/aromatic N) is 1. The Morgan fingerprint density at radius 2 is 1.40 bits per heavy atom. The van der Waals surface area contributed by atoms with Crippen molar-refractivity contribution in [2.45, 2.75) is 0 Å². The van der Waals surface area contributed by atoms with Gasteiger partial charge in [-0.05, 0) is 54.6 Å². The van der Waals surface area contributed by atoms with Crippen molar-refractivity contribution in [1.29, 1.82) is 0 Å². The molecule has 0 radical (unpaired) electrons. The summed E-state index contributed by atoms with van der Waals surface area (Å²) in [5.41, 5.74) is -0.306. The second-order valence-corrected chi connectivity index (χ2v) is 7.14. The fourth-order valence-electron chi connectivity index (χ4n) is 3.17. The minimum Gasteiger partial charge on any atom is -0.478 e. The molecule has 0 bridgehead atoms. The number of carbonyl (C=O) groups is 3. The van der Waals surface area contributed by atoms with Crippen LogP contribution in [0.5, 0.6) is 23.1 Å².